The van der Waals surface area contributed by atoms with Crippen LogP contribution in [0.25, 0.3) is 11.0 Å². The highest BCUT2D eigenvalue weighted by Crippen LogP contribution is 2.60. The number of rotatable bonds is 17. The van der Waals surface area contributed by atoms with Gasteiger partial charge in [-0.2, -0.15) is 0 Å². The van der Waals surface area contributed by atoms with E-state index in [-0.39, 0.29) is 45.1 Å². The van der Waals surface area contributed by atoms with E-state index in [1.165, 1.54) is 16.9 Å². The Morgan fingerprint density at radius 3 is 2.63 bits per heavy atom. The number of halogens is 1. The van der Waals surface area contributed by atoms with E-state index < -0.39 is 70.9 Å². The van der Waals surface area contributed by atoms with E-state index in [0.29, 0.717) is 23.0 Å². The third-order valence-electron chi connectivity index (χ3n) is 10.0. The lowest BCUT2D eigenvalue weighted by molar-refractivity contribution is -0.163. The molecule has 0 radical (unpaired) electrons. The summed E-state index contributed by atoms with van der Waals surface area (Å²) in [6.45, 7) is 7.13. The number of para-hydroxylation sites is 1. The number of benzene rings is 2. The van der Waals surface area contributed by atoms with Gasteiger partial charge in [0.25, 0.3) is 0 Å². The molecule has 2 aromatic carbocycles. The molecule has 0 saturated carbocycles. The molecular weight excluding hydrogens is 736 g/mol. The number of fused-ring (bicyclic) bond motifs is 2. The predicted molar refractivity (Wildman–Crippen MR) is 192 cm³/mol. The molecule has 8 atom stereocenters. The number of β-amino-alcohol motifs (C(OH)–C–C–N with tert-alkyl or cyclic N) is 1. The first-order valence-electron chi connectivity index (χ1n) is 17.2. The molecule has 14 nitrogen and oxygen atoms in total. The van der Waals surface area contributed by atoms with Crippen molar-refractivity contribution in [1.29, 1.82) is 0 Å². The van der Waals surface area contributed by atoms with Gasteiger partial charge in [0.05, 0.1) is 42.7 Å². The number of allylic oxidation sites excluding steroid dienone is 1. The number of nitrogens with one attached hydrogen (secondary N) is 1. The molecule has 3 aliphatic heterocycles. The number of carbonyl (C=O) groups is 4. The van der Waals surface area contributed by atoms with Crippen molar-refractivity contribution >= 4 is 50.7 Å². The van der Waals surface area contributed by atoms with Crippen molar-refractivity contribution in [1.82, 2.24) is 30.1 Å². The fourth-order valence-electron chi connectivity index (χ4n) is 7.88. The molecule has 3 fully saturated rings. The van der Waals surface area contributed by atoms with E-state index in [2.05, 4.69) is 44.7 Å². The number of amides is 3. The topological polar surface area (TPSA) is 165 Å². The summed E-state index contributed by atoms with van der Waals surface area (Å²) in [5.41, 5.74) is 0.588. The first-order chi connectivity index (χ1) is 25.2. The average molecular weight is 780 g/mol. The van der Waals surface area contributed by atoms with E-state index >= 15 is 0 Å². The summed E-state index contributed by atoms with van der Waals surface area (Å²) in [6, 6.07) is 14.4. The summed E-state index contributed by atoms with van der Waals surface area (Å²) in [5, 5.41) is 21.5. The molecule has 1 aromatic heterocycles. The summed E-state index contributed by atoms with van der Waals surface area (Å²) in [7, 11) is 1.49. The van der Waals surface area contributed by atoms with Crippen LogP contribution in [-0.4, -0.2) is 116 Å². The Morgan fingerprint density at radius 2 is 1.92 bits per heavy atom. The van der Waals surface area contributed by atoms with Crippen LogP contribution in [0.5, 0.6) is 0 Å². The lowest BCUT2D eigenvalue weighted by Gasteiger charge is -2.37. The zero-order valence-corrected chi connectivity index (χ0v) is 30.5. The molecule has 1 spiro atoms. The summed E-state index contributed by atoms with van der Waals surface area (Å²) < 4.78 is 20.0. The number of likely N-dealkylation sites (tertiary alicyclic amines) is 1. The minimum atomic E-state index is -1.40. The lowest BCUT2D eigenvalue weighted by atomic mass is 9.70. The largest absolute Gasteiger partial charge is 0.455 e. The SMILES string of the molecule is C=CCCC(=O)N[C@@H](COC)[C@@H](OC(=O)[C@H]1[C@@H]2O[C@@]3(CC2Br)[C@@H]1C(=O)N(CCO)[C@@H]3C(=O)N(CC=C)Cn1nnc2ccccc21)c1ccccc1. The minimum Gasteiger partial charge on any atom is -0.455 e. The molecular formula is C37H43BrN6O8. The van der Waals surface area contributed by atoms with Crippen LogP contribution in [0.1, 0.15) is 30.9 Å². The summed E-state index contributed by atoms with van der Waals surface area (Å²) >= 11 is 3.70. The summed E-state index contributed by atoms with van der Waals surface area (Å²) in [6.07, 6.45) is 2.37. The third-order valence-corrected chi connectivity index (χ3v) is 10.9. The number of carbonyl (C=O) groups excluding carboxylic acids is 4. The maximum atomic E-state index is 14.7. The number of aliphatic hydroxyl groups is 1. The monoisotopic (exact) mass is 778 g/mol. The molecule has 6 rings (SSSR count). The molecule has 0 aliphatic carbocycles. The Balaban J connectivity index is 1.32. The maximum Gasteiger partial charge on any atom is 0.313 e. The van der Waals surface area contributed by atoms with Gasteiger partial charge >= 0.3 is 5.97 Å². The van der Waals surface area contributed by atoms with Gasteiger partial charge in [0, 0.05) is 31.4 Å². The standard InChI is InChI=1S/C37H43BrN6O8/c1-4-6-16-28(46)39-26(21-50-3)31(23-12-8-7-9-13-23)51-36(49)29-30-34(47)43(18-19-45)33(37(30)20-24(38)32(29)52-37)35(48)42(17-5-2)22-44-27-15-11-10-14-25(27)40-41-44/h4-5,7-15,24,26,29-33,45H,1-2,6,16-22H2,3H3,(H,39,46)/t24?,26-,29+,30-,31-,32+,33+,37-/m0/s1. The van der Waals surface area contributed by atoms with Gasteiger partial charge < -0.3 is 34.4 Å². The van der Waals surface area contributed by atoms with Gasteiger partial charge in [-0.15, -0.1) is 18.3 Å². The Labute approximate surface area is 309 Å². The van der Waals surface area contributed by atoms with Crippen LogP contribution in [0.15, 0.2) is 79.9 Å². The molecule has 52 heavy (non-hydrogen) atoms. The van der Waals surface area contributed by atoms with E-state index in [9.17, 15) is 24.3 Å². The number of hydrogen-bond acceptors (Lipinski definition) is 10. The molecule has 276 valence electrons. The number of methoxy groups -OCH3 is 1. The number of ether oxygens (including phenoxy) is 3. The van der Waals surface area contributed by atoms with Crippen molar-refractivity contribution < 1.29 is 38.5 Å². The smallest absolute Gasteiger partial charge is 0.313 e. The molecule has 3 saturated heterocycles. The van der Waals surface area contributed by atoms with Gasteiger partial charge in [-0.05, 0) is 30.5 Å². The quantitative estimate of drug-likeness (QED) is 0.118. The minimum absolute atomic E-state index is 0.00850. The van der Waals surface area contributed by atoms with Gasteiger partial charge in [-0.25, -0.2) is 4.68 Å². The Hall–Kier alpha value is -4.44. The average Bonchev–Trinajstić information content (AvgIpc) is 3.87. The van der Waals surface area contributed by atoms with Gasteiger partial charge in [0.1, 0.15) is 29.9 Å². The Kier molecular flexibility index (Phi) is 11.5. The lowest BCUT2D eigenvalue weighted by Crippen LogP contribution is -2.57. The van der Waals surface area contributed by atoms with Crippen LogP contribution < -0.4 is 5.32 Å². The van der Waals surface area contributed by atoms with Crippen molar-refractivity contribution in [3.63, 3.8) is 0 Å². The number of hydrogen-bond donors (Lipinski definition) is 2. The first kappa shape index (κ1) is 37.3. The first-order valence-corrected chi connectivity index (χ1v) is 18.2. The van der Waals surface area contributed by atoms with Crippen molar-refractivity contribution in [2.75, 3.05) is 33.4 Å². The van der Waals surface area contributed by atoms with Gasteiger partial charge in [-0.3, -0.25) is 19.2 Å². The zero-order valence-electron chi connectivity index (χ0n) is 28.9. The molecule has 3 aromatic rings. The van der Waals surface area contributed by atoms with Crippen molar-refractivity contribution in [3.8, 4) is 0 Å². The fourth-order valence-corrected chi connectivity index (χ4v) is 8.82. The van der Waals surface area contributed by atoms with E-state index in [1.807, 2.05) is 30.3 Å². The van der Waals surface area contributed by atoms with Crippen LogP contribution in [-0.2, 0) is 40.1 Å². The van der Waals surface area contributed by atoms with Crippen LogP contribution >= 0.6 is 15.9 Å². The normalized spacial score (nSPS) is 25.8. The molecule has 3 amide bonds. The summed E-state index contributed by atoms with van der Waals surface area (Å²) in [4.78, 5) is 58.9. The van der Waals surface area contributed by atoms with Crippen LogP contribution in [0.3, 0.4) is 0 Å². The number of esters is 1. The van der Waals surface area contributed by atoms with E-state index in [0.717, 1.165) is 0 Å². The molecule has 2 N–H and O–H groups in total. The number of nitrogens with zero attached hydrogens (tertiary/aromatic N) is 5. The van der Waals surface area contributed by atoms with Gasteiger partial charge in [0.2, 0.25) is 17.7 Å². The number of alkyl halides is 1. The van der Waals surface area contributed by atoms with Crippen molar-refractivity contribution in [2.45, 2.75) is 60.7 Å². The van der Waals surface area contributed by atoms with E-state index in [4.69, 9.17) is 14.2 Å². The second-order valence-corrected chi connectivity index (χ2v) is 14.4. The fraction of sp³-hybridized carbons (Fsp3) is 0.459. The summed E-state index contributed by atoms with van der Waals surface area (Å²) in [5.74, 6) is -4.07. The van der Waals surface area contributed by atoms with Crippen molar-refractivity contribution in [3.05, 3.63) is 85.5 Å². The highest BCUT2D eigenvalue weighted by atomic mass is 79.9. The Bertz CT molecular complexity index is 1810. The van der Waals surface area contributed by atoms with Gasteiger partial charge in [0.15, 0.2) is 0 Å². The second kappa shape index (κ2) is 16.1. The van der Waals surface area contributed by atoms with E-state index in [1.54, 1.807) is 41.1 Å². The molecule has 4 heterocycles. The molecule has 1 unspecified atom stereocenters. The molecule has 15 heteroatoms. The Morgan fingerprint density at radius 1 is 1.17 bits per heavy atom. The highest BCUT2D eigenvalue weighted by molar-refractivity contribution is 9.09. The van der Waals surface area contributed by atoms with Crippen LogP contribution in [0, 0.1) is 11.8 Å². The zero-order chi connectivity index (χ0) is 37.0. The van der Waals surface area contributed by atoms with Crippen LogP contribution in [0.2, 0.25) is 0 Å². The molecule has 2 bridgehead atoms. The highest BCUT2D eigenvalue weighted by Gasteiger charge is 2.77. The maximum absolute atomic E-state index is 14.7. The molecule has 3 aliphatic rings. The van der Waals surface area contributed by atoms with Gasteiger partial charge in [-0.1, -0.05) is 75.8 Å². The number of aliphatic hydroxyl groups excluding tert-OH is 1. The van der Waals surface area contributed by atoms with Crippen LogP contribution in [0.4, 0.5) is 0 Å². The third kappa shape index (κ3) is 6.89. The number of aromatic nitrogens is 3. The second-order valence-electron chi connectivity index (χ2n) is 13.2. The van der Waals surface area contributed by atoms with Crippen molar-refractivity contribution in [2.24, 2.45) is 11.8 Å². The predicted octanol–water partition coefficient (Wildman–Crippen LogP) is 2.53.